The fourth-order valence-electron chi connectivity index (χ4n) is 2.09. The Kier molecular flexibility index (Phi) is 5.25. The average molecular weight is 415 g/mol. The fourth-order valence-corrected chi connectivity index (χ4v) is 3.10. The first-order chi connectivity index (χ1) is 13.1. The quantitative estimate of drug-likeness (QED) is 0.640. The summed E-state index contributed by atoms with van der Waals surface area (Å²) < 4.78 is 71.7. The summed E-state index contributed by atoms with van der Waals surface area (Å²) in [5, 5.41) is 6.08. The van der Waals surface area contributed by atoms with Crippen molar-refractivity contribution in [3.8, 4) is 11.5 Å². The topological polar surface area (TPSA) is 114 Å². The normalized spacial score (nSPS) is 12.1. The van der Waals surface area contributed by atoms with Gasteiger partial charge in [-0.1, -0.05) is 5.16 Å². The van der Waals surface area contributed by atoms with E-state index in [0.717, 1.165) is 12.1 Å². The van der Waals surface area contributed by atoms with Crippen molar-refractivity contribution in [1.82, 2.24) is 9.88 Å². The largest absolute Gasteiger partial charge is 0.461 e. The second-order valence-corrected chi connectivity index (χ2v) is 7.24. The Balaban J connectivity index is 1.66. The molecule has 0 radical (unpaired) electrons. The van der Waals surface area contributed by atoms with E-state index < -0.39 is 28.7 Å². The van der Waals surface area contributed by atoms with Gasteiger partial charge in [-0.15, -0.1) is 0 Å². The van der Waals surface area contributed by atoms with Gasteiger partial charge in [0.15, 0.2) is 11.5 Å². The average Bonchev–Trinajstić information content (AvgIpc) is 3.31. The first-order valence-electron chi connectivity index (χ1n) is 7.62. The van der Waals surface area contributed by atoms with Gasteiger partial charge < -0.3 is 14.3 Å². The van der Waals surface area contributed by atoms with Crippen molar-refractivity contribution < 1.29 is 35.3 Å². The highest BCUT2D eigenvalue weighted by Gasteiger charge is 2.30. The number of anilines is 1. The lowest BCUT2D eigenvalue weighted by atomic mass is 10.3. The molecule has 3 aromatic rings. The minimum Gasteiger partial charge on any atom is -0.461 e. The maximum Gasteiger partial charge on any atom is 0.402 e. The van der Waals surface area contributed by atoms with Crippen LogP contribution in [0.4, 0.5) is 18.9 Å². The standard InChI is InChI=1S/C16H12F3N3O5S/c17-16(18,19)9-20-28(24,25)11-5-3-10(4-6-11)21-15(23)12-8-14(27-22-12)13-2-1-7-26-13/h1-8,20H,9H2,(H,21,23). The third-order valence-electron chi connectivity index (χ3n) is 3.39. The highest BCUT2D eigenvalue weighted by molar-refractivity contribution is 7.89. The molecule has 2 heterocycles. The number of halogens is 3. The molecular weight excluding hydrogens is 403 g/mol. The Hall–Kier alpha value is -3.12. The molecule has 148 valence electrons. The van der Waals surface area contributed by atoms with Gasteiger partial charge in [0.05, 0.1) is 11.2 Å². The summed E-state index contributed by atoms with van der Waals surface area (Å²) in [7, 11) is -4.33. The molecule has 0 aliphatic rings. The van der Waals surface area contributed by atoms with Crippen LogP contribution in [0.15, 0.2) is 62.6 Å². The monoisotopic (exact) mass is 415 g/mol. The molecule has 0 atom stereocenters. The van der Waals surface area contributed by atoms with Crippen LogP contribution in [0, 0.1) is 0 Å². The zero-order chi connectivity index (χ0) is 20.4. The lowest BCUT2D eigenvalue weighted by Crippen LogP contribution is -2.33. The zero-order valence-corrected chi connectivity index (χ0v) is 14.7. The van der Waals surface area contributed by atoms with Crippen molar-refractivity contribution in [3.05, 3.63) is 54.4 Å². The van der Waals surface area contributed by atoms with Crippen LogP contribution in [-0.2, 0) is 10.0 Å². The molecule has 3 rings (SSSR count). The summed E-state index contributed by atoms with van der Waals surface area (Å²) in [5.41, 5.74) is 0.164. The summed E-state index contributed by atoms with van der Waals surface area (Å²) in [6.45, 7) is -1.68. The number of carbonyl (C=O) groups is 1. The van der Waals surface area contributed by atoms with Gasteiger partial charge in [-0.05, 0) is 36.4 Å². The minimum absolute atomic E-state index is 0.0464. The molecule has 2 aromatic heterocycles. The van der Waals surface area contributed by atoms with Gasteiger partial charge in [-0.3, -0.25) is 4.79 Å². The smallest absolute Gasteiger partial charge is 0.402 e. The lowest BCUT2D eigenvalue weighted by molar-refractivity contribution is -0.121. The number of nitrogens with one attached hydrogen (secondary N) is 2. The predicted octanol–water partition coefficient (Wildman–Crippen LogP) is 3.03. The van der Waals surface area contributed by atoms with E-state index in [1.807, 2.05) is 0 Å². The molecule has 0 saturated heterocycles. The van der Waals surface area contributed by atoms with Crippen LogP contribution in [0.3, 0.4) is 0 Å². The first-order valence-corrected chi connectivity index (χ1v) is 9.11. The summed E-state index contributed by atoms with van der Waals surface area (Å²) in [4.78, 5) is 11.8. The van der Waals surface area contributed by atoms with Crippen molar-refractivity contribution in [2.24, 2.45) is 0 Å². The molecule has 0 unspecified atom stereocenters. The van der Waals surface area contributed by atoms with Crippen molar-refractivity contribution >= 4 is 21.6 Å². The van der Waals surface area contributed by atoms with E-state index >= 15 is 0 Å². The molecule has 1 amide bonds. The number of amides is 1. The van der Waals surface area contributed by atoms with E-state index in [-0.39, 0.29) is 22.0 Å². The van der Waals surface area contributed by atoms with E-state index in [4.69, 9.17) is 8.94 Å². The number of hydrogen-bond acceptors (Lipinski definition) is 6. The van der Waals surface area contributed by atoms with Crippen molar-refractivity contribution in [3.63, 3.8) is 0 Å². The van der Waals surface area contributed by atoms with Gasteiger partial charge in [0.2, 0.25) is 15.8 Å². The summed E-state index contributed by atoms with van der Waals surface area (Å²) in [6.07, 6.45) is -3.25. The van der Waals surface area contributed by atoms with Gasteiger partial charge >= 0.3 is 6.18 Å². The molecule has 0 saturated carbocycles. The van der Waals surface area contributed by atoms with Gasteiger partial charge in [0.1, 0.15) is 6.54 Å². The predicted molar refractivity (Wildman–Crippen MR) is 89.8 cm³/mol. The van der Waals surface area contributed by atoms with Crippen LogP contribution in [0.5, 0.6) is 0 Å². The molecular formula is C16H12F3N3O5S. The number of sulfonamides is 1. The SMILES string of the molecule is O=C(Nc1ccc(S(=O)(=O)NCC(F)(F)F)cc1)c1cc(-c2ccco2)on1. The van der Waals surface area contributed by atoms with Crippen molar-refractivity contribution in [2.75, 3.05) is 11.9 Å². The molecule has 0 aliphatic heterocycles. The Morgan fingerprint density at radius 3 is 2.43 bits per heavy atom. The van der Waals surface area contributed by atoms with Crippen LogP contribution in [0.1, 0.15) is 10.5 Å². The molecule has 0 bridgehead atoms. The molecule has 12 heteroatoms. The molecule has 0 spiro atoms. The van der Waals surface area contributed by atoms with Gasteiger partial charge in [0.25, 0.3) is 5.91 Å². The molecule has 8 nitrogen and oxygen atoms in total. The highest BCUT2D eigenvalue weighted by Crippen LogP contribution is 2.21. The number of rotatable bonds is 6. The van der Waals surface area contributed by atoms with Crippen LogP contribution in [0.2, 0.25) is 0 Å². The number of alkyl halides is 3. The number of hydrogen-bond donors (Lipinski definition) is 2. The van der Waals surface area contributed by atoms with Gasteiger partial charge in [0, 0.05) is 11.8 Å². The Labute approximate surface area is 156 Å². The minimum atomic E-state index is -4.67. The second-order valence-electron chi connectivity index (χ2n) is 5.47. The third kappa shape index (κ3) is 4.78. The molecule has 0 fully saturated rings. The highest BCUT2D eigenvalue weighted by atomic mass is 32.2. The van der Waals surface area contributed by atoms with Crippen LogP contribution in [0.25, 0.3) is 11.5 Å². The van der Waals surface area contributed by atoms with Crippen LogP contribution in [-0.4, -0.2) is 32.2 Å². The maximum atomic E-state index is 12.2. The fraction of sp³-hybridized carbons (Fsp3) is 0.125. The lowest BCUT2D eigenvalue weighted by Gasteiger charge is -2.10. The van der Waals surface area contributed by atoms with E-state index in [2.05, 4.69) is 10.5 Å². The van der Waals surface area contributed by atoms with E-state index in [1.54, 1.807) is 12.1 Å². The number of carbonyl (C=O) groups excluding carboxylic acids is 1. The van der Waals surface area contributed by atoms with Gasteiger partial charge in [-0.2, -0.15) is 13.2 Å². The van der Waals surface area contributed by atoms with E-state index in [9.17, 15) is 26.4 Å². The summed E-state index contributed by atoms with van der Waals surface area (Å²) in [5.74, 6) is -0.00726. The maximum absolute atomic E-state index is 12.2. The molecule has 28 heavy (non-hydrogen) atoms. The first kappa shape index (κ1) is 19.6. The molecule has 1 aromatic carbocycles. The van der Waals surface area contributed by atoms with Crippen molar-refractivity contribution in [1.29, 1.82) is 0 Å². The zero-order valence-electron chi connectivity index (χ0n) is 13.9. The number of nitrogens with zero attached hydrogens (tertiary/aromatic N) is 1. The van der Waals surface area contributed by atoms with Crippen molar-refractivity contribution in [2.45, 2.75) is 11.1 Å². The second kappa shape index (κ2) is 7.48. The molecule has 2 N–H and O–H groups in total. The van der Waals surface area contributed by atoms with Crippen LogP contribution < -0.4 is 10.0 Å². The number of aromatic nitrogens is 1. The Bertz CT molecular complexity index is 1060. The molecule has 0 aliphatic carbocycles. The number of furan rings is 1. The summed E-state index contributed by atoms with van der Waals surface area (Å²) >= 11 is 0. The Morgan fingerprint density at radius 1 is 1.11 bits per heavy atom. The van der Waals surface area contributed by atoms with E-state index in [1.165, 1.54) is 29.2 Å². The van der Waals surface area contributed by atoms with E-state index in [0.29, 0.717) is 5.76 Å². The summed E-state index contributed by atoms with van der Waals surface area (Å²) in [6, 6.07) is 9.19. The van der Waals surface area contributed by atoms with Crippen LogP contribution >= 0.6 is 0 Å². The Morgan fingerprint density at radius 2 is 1.82 bits per heavy atom. The third-order valence-corrected chi connectivity index (χ3v) is 4.81. The van der Waals surface area contributed by atoms with Gasteiger partial charge in [-0.25, -0.2) is 13.1 Å². The number of benzene rings is 1.